The summed E-state index contributed by atoms with van der Waals surface area (Å²) in [4.78, 5) is 23.5. The van der Waals surface area contributed by atoms with E-state index in [4.69, 9.17) is 5.73 Å². The summed E-state index contributed by atoms with van der Waals surface area (Å²) < 4.78 is 0. The van der Waals surface area contributed by atoms with Crippen molar-refractivity contribution in [2.24, 2.45) is 5.73 Å². The number of carbonyl (C=O) groups excluding carboxylic acids is 2. The first kappa shape index (κ1) is 21.4. The molecule has 0 radical (unpaired) electrons. The molecule has 2 amide bonds. The molecule has 0 aromatic heterocycles. The van der Waals surface area contributed by atoms with Gasteiger partial charge in [0.2, 0.25) is 5.91 Å². The first-order chi connectivity index (χ1) is 10.7. The lowest BCUT2D eigenvalue weighted by Crippen LogP contribution is -2.24. The van der Waals surface area contributed by atoms with Crippen LogP contribution in [0.25, 0.3) is 0 Å². The zero-order valence-electron chi connectivity index (χ0n) is 13.8. The van der Waals surface area contributed by atoms with Crippen LogP contribution in [0, 0.1) is 0 Å². The minimum Gasteiger partial charge on any atom is -0.352 e. The average molecular weight is 342 g/mol. The van der Waals surface area contributed by atoms with Crippen molar-refractivity contribution in [2.45, 2.75) is 45.6 Å². The van der Waals surface area contributed by atoms with E-state index in [0.717, 1.165) is 31.2 Å². The van der Waals surface area contributed by atoms with Gasteiger partial charge in [-0.25, -0.2) is 0 Å². The summed E-state index contributed by atoms with van der Waals surface area (Å²) in [6.07, 6.45) is 4.58. The number of unbranched alkanes of at least 4 members (excludes halogenated alkanes) is 3. The highest BCUT2D eigenvalue weighted by atomic mass is 35.5. The Labute approximate surface area is 144 Å². The van der Waals surface area contributed by atoms with Crippen LogP contribution in [-0.4, -0.2) is 24.9 Å². The van der Waals surface area contributed by atoms with Crippen LogP contribution in [0.1, 0.15) is 54.9 Å². The van der Waals surface area contributed by atoms with Crippen LogP contribution < -0.4 is 16.4 Å². The van der Waals surface area contributed by atoms with Crippen LogP contribution in [0.5, 0.6) is 0 Å². The maximum absolute atomic E-state index is 11.8. The fourth-order valence-electron chi connectivity index (χ4n) is 2.16. The number of amides is 2. The molecular formula is C17H28ClN3O2. The quantitative estimate of drug-likeness (QED) is 0.571. The highest BCUT2D eigenvalue weighted by Gasteiger charge is 2.06. The van der Waals surface area contributed by atoms with Gasteiger partial charge in [0.05, 0.1) is 0 Å². The second-order valence-electron chi connectivity index (χ2n) is 5.29. The monoisotopic (exact) mass is 341 g/mol. The molecule has 5 nitrogen and oxygen atoms in total. The molecule has 0 unspecified atom stereocenters. The molecule has 0 heterocycles. The highest BCUT2D eigenvalue weighted by Crippen LogP contribution is 2.06. The maximum Gasteiger partial charge on any atom is 0.251 e. The summed E-state index contributed by atoms with van der Waals surface area (Å²) in [7, 11) is 0. The predicted molar refractivity (Wildman–Crippen MR) is 95.7 cm³/mol. The number of hydrogen-bond acceptors (Lipinski definition) is 3. The summed E-state index contributed by atoms with van der Waals surface area (Å²) in [5.74, 6) is -0.0354. The van der Waals surface area contributed by atoms with Crippen LogP contribution in [0.3, 0.4) is 0 Å². The fraction of sp³-hybridized carbons (Fsp3) is 0.529. The Morgan fingerprint density at radius 2 is 1.83 bits per heavy atom. The molecule has 0 bridgehead atoms. The third kappa shape index (κ3) is 9.21. The van der Waals surface area contributed by atoms with Crippen LogP contribution in [-0.2, 0) is 11.3 Å². The van der Waals surface area contributed by atoms with Crippen LogP contribution in [0.2, 0.25) is 0 Å². The minimum absolute atomic E-state index is 0. The number of halogens is 1. The summed E-state index contributed by atoms with van der Waals surface area (Å²) >= 11 is 0. The van der Waals surface area contributed by atoms with E-state index in [2.05, 4.69) is 10.6 Å². The molecule has 130 valence electrons. The maximum atomic E-state index is 11.8. The van der Waals surface area contributed by atoms with E-state index >= 15 is 0 Å². The van der Waals surface area contributed by atoms with Gasteiger partial charge in [-0.1, -0.05) is 25.0 Å². The van der Waals surface area contributed by atoms with E-state index in [1.165, 1.54) is 0 Å². The Hall–Kier alpha value is -1.59. The summed E-state index contributed by atoms with van der Waals surface area (Å²) in [6, 6.07) is 7.32. The van der Waals surface area contributed by atoms with Crippen molar-refractivity contribution in [1.82, 2.24) is 10.6 Å². The van der Waals surface area contributed by atoms with Gasteiger partial charge in [-0.3, -0.25) is 9.59 Å². The van der Waals surface area contributed by atoms with E-state index in [1.54, 1.807) is 6.07 Å². The first-order valence-corrected chi connectivity index (χ1v) is 8.01. The molecule has 1 aromatic rings. The number of nitrogens with one attached hydrogen (secondary N) is 2. The largest absolute Gasteiger partial charge is 0.352 e. The van der Waals surface area contributed by atoms with E-state index in [1.807, 2.05) is 25.1 Å². The average Bonchev–Trinajstić information content (AvgIpc) is 2.53. The van der Waals surface area contributed by atoms with E-state index in [9.17, 15) is 9.59 Å². The van der Waals surface area contributed by atoms with Gasteiger partial charge >= 0.3 is 0 Å². The van der Waals surface area contributed by atoms with Crippen molar-refractivity contribution < 1.29 is 9.59 Å². The molecule has 0 atom stereocenters. The Morgan fingerprint density at radius 1 is 1.09 bits per heavy atom. The van der Waals surface area contributed by atoms with Gasteiger partial charge < -0.3 is 16.4 Å². The number of carbonyl (C=O) groups is 2. The number of hydrogen-bond donors (Lipinski definition) is 3. The number of rotatable bonds is 10. The summed E-state index contributed by atoms with van der Waals surface area (Å²) in [5, 5.41) is 5.66. The molecular weight excluding hydrogens is 314 g/mol. The van der Waals surface area contributed by atoms with Crippen molar-refractivity contribution in [3.63, 3.8) is 0 Å². The second-order valence-corrected chi connectivity index (χ2v) is 5.29. The second kappa shape index (κ2) is 12.9. The molecule has 1 rings (SSSR count). The van der Waals surface area contributed by atoms with Crippen molar-refractivity contribution in [1.29, 1.82) is 0 Å². The Morgan fingerprint density at radius 3 is 2.52 bits per heavy atom. The molecule has 23 heavy (non-hydrogen) atoms. The minimum atomic E-state index is -0.0874. The summed E-state index contributed by atoms with van der Waals surface area (Å²) in [5.41, 5.74) is 6.98. The Kier molecular flexibility index (Phi) is 12.0. The smallest absolute Gasteiger partial charge is 0.251 e. The van der Waals surface area contributed by atoms with Gasteiger partial charge in [0.15, 0.2) is 0 Å². The molecule has 0 fully saturated rings. The predicted octanol–water partition coefficient (Wildman–Crippen LogP) is 2.38. The van der Waals surface area contributed by atoms with Gasteiger partial charge in [0.25, 0.3) is 5.91 Å². The topological polar surface area (TPSA) is 84.2 Å². The SMILES string of the molecule is CCNC(=O)c1cccc(CNC(=O)CCCCCCN)c1.Cl. The number of nitrogens with two attached hydrogens (primary N) is 1. The van der Waals surface area contributed by atoms with Gasteiger partial charge in [0, 0.05) is 25.1 Å². The Balaban J connectivity index is 0.00000484. The fourth-order valence-corrected chi connectivity index (χ4v) is 2.16. The van der Waals surface area contributed by atoms with Gasteiger partial charge in [-0.2, -0.15) is 0 Å². The standard InChI is InChI=1S/C17H27N3O2.ClH/c1-2-19-17(22)15-9-7-8-14(12-15)13-20-16(21)10-5-3-4-6-11-18;/h7-9,12H,2-6,10-11,13,18H2,1H3,(H,19,22)(H,20,21);1H. The lowest BCUT2D eigenvalue weighted by molar-refractivity contribution is -0.121. The van der Waals surface area contributed by atoms with E-state index in [-0.39, 0.29) is 24.2 Å². The third-order valence-corrected chi connectivity index (χ3v) is 3.37. The lowest BCUT2D eigenvalue weighted by Gasteiger charge is -2.07. The summed E-state index contributed by atoms with van der Waals surface area (Å²) in [6.45, 7) is 3.66. The molecule has 0 saturated carbocycles. The van der Waals surface area contributed by atoms with Crippen molar-refractivity contribution in [2.75, 3.05) is 13.1 Å². The Bertz CT molecular complexity index is 481. The van der Waals surface area contributed by atoms with Crippen molar-refractivity contribution >= 4 is 24.2 Å². The van der Waals surface area contributed by atoms with Gasteiger partial charge in [0.1, 0.15) is 0 Å². The molecule has 0 aliphatic carbocycles. The van der Waals surface area contributed by atoms with Crippen LogP contribution in [0.15, 0.2) is 24.3 Å². The van der Waals surface area contributed by atoms with E-state index < -0.39 is 0 Å². The van der Waals surface area contributed by atoms with Gasteiger partial charge in [-0.05, 0) is 44.0 Å². The molecule has 6 heteroatoms. The van der Waals surface area contributed by atoms with Crippen LogP contribution in [0.4, 0.5) is 0 Å². The van der Waals surface area contributed by atoms with Crippen molar-refractivity contribution in [3.8, 4) is 0 Å². The molecule has 0 spiro atoms. The van der Waals surface area contributed by atoms with Crippen molar-refractivity contribution in [3.05, 3.63) is 35.4 Å². The normalized spacial score (nSPS) is 9.83. The van der Waals surface area contributed by atoms with Gasteiger partial charge in [-0.15, -0.1) is 12.4 Å². The molecule has 1 aromatic carbocycles. The zero-order valence-corrected chi connectivity index (χ0v) is 14.6. The highest BCUT2D eigenvalue weighted by molar-refractivity contribution is 5.94. The third-order valence-electron chi connectivity index (χ3n) is 3.37. The molecule has 0 saturated heterocycles. The van der Waals surface area contributed by atoms with E-state index in [0.29, 0.717) is 31.6 Å². The number of benzene rings is 1. The zero-order chi connectivity index (χ0) is 16.2. The lowest BCUT2D eigenvalue weighted by atomic mass is 10.1. The molecule has 4 N–H and O–H groups in total. The van der Waals surface area contributed by atoms with Crippen LogP contribution >= 0.6 is 12.4 Å². The molecule has 0 aliphatic heterocycles. The molecule has 0 aliphatic rings. The first-order valence-electron chi connectivity index (χ1n) is 8.01.